The number of nitrogens with zero attached hydrogens (tertiary/aromatic N) is 6. The summed E-state index contributed by atoms with van der Waals surface area (Å²) in [4.78, 5) is 16.8. The number of hydrogen-bond acceptors (Lipinski definition) is 5. The maximum Gasteiger partial charge on any atom is 0.159 e. The Bertz CT molecular complexity index is 1180. The number of aryl methyl sites for hydroxylation is 2. The molecule has 0 spiro atoms. The van der Waals surface area contributed by atoms with Gasteiger partial charge in [0.15, 0.2) is 5.49 Å². The molecular formula is C23H26N6. The number of nitriles is 1. The van der Waals surface area contributed by atoms with Gasteiger partial charge in [0.2, 0.25) is 0 Å². The molecule has 0 bridgehead atoms. The molecule has 0 unspecified atom stereocenters. The van der Waals surface area contributed by atoms with E-state index < -0.39 is 0 Å². The Morgan fingerprint density at radius 3 is 2.69 bits per heavy atom. The lowest BCUT2D eigenvalue weighted by Crippen LogP contribution is -2.22. The third-order valence-electron chi connectivity index (χ3n) is 5.92. The monoisotopic (exact) mass is 386 g/mol. The van der Waals surface area contributed by atoms with Crippen molar-refractivity contribution in [2.45, 2.75) is 39.7 Å². The third kappa shape index (κ3) is 3.49. The van der Waals surface area contributed by atoms with Crippen LogP contribution in [0, 0.1) is 25.2 Å². The van der Waals surface area contributed by atoms with E-state index in [0.717, 1.165) is 52.2 Å². The number of benzene rings is 1. The zero-order valence-electron chi connectivity index (χ0n) is 17.5. The molecule has 1 saturated heterocycles. The molecule has 1 fully saturated rings. The quantitative estimate of drug-likeness (QED) is 0.688. The van der Waals surface area contributed by atoms with Crippen LogP contribution in [-0.4, -0.2) is 27.6 Å². The Hall–Kier alpha value is -3.20. The molecule has 3 heterocycles. The summed E-state index contributed by atoms with van der Waals surface area (Å²) < 4.78 is 2.06. The Kier molecular flexibility index (Phi) is 5.06. The highest BCUT2D eigenvalue weighted by Gasteiger charge is 2.16. The van der Waals surface area contributed by atoms with Gasteiger partial charge in [-0.25, -0.2) is 9.97 Å². The highest BCUT2D eigenvalue weighted by Crippen LogP contribution is 2.24. The van der Waals surface area contributed by atoms with E-state index in [9.17, 15) is 5.26 Å². The van der Waals surface area contributed by atoms with E-state index in [2.05, 4.69) is 28.5 Å². The van der Waals surface area contributed by atoms with Gasteiger partial charge in [-0.15, -0.1) is 0 Å². The van der Waals surface area contributed by atoms with Gasteiger partial charge in [-0.2, -0.15) is 5.26 Å². The first-order chi connectivity index (χ1) is 14.0. The van der Waals surface area contributed by atoms with Crippen LogP contribution in [0.4, 0.5) is 5.82 Å². The standard InChI is InChI=1S/C23H26N6/c1-15-18(13-24)8-7-9-19(15)16(2)26-23-20-12-22(29-10-5-6-11-29)25-14-21(20)28(4)17(3)27-23/h7-9,12,14,16H,5-6,10-11H2,1-4H3/t16-/m1/s1. The minimum absolute atomic E-state index is 0.102. The van der Waals surface area contributed by atoms with Crippen molar-refractivity contribution in [3.05, 3.63) is 58.5 Å². The fourth-order valence-corrected chi connectivity index (χ4v) is 4.04. The SMILES string of the molecule is Cc1c(C#N)cccc1[C@@H](C)N=c1nc(C)n(C)c2cnc(N3CCCC3)cc12. The fourth-order valence-electron chi connectivity index (χ4n) is 4.04. The van der Waals surface area contributed by atoms with E-state index in [0.29, 0.717) is 5.56 Å². The predicted octanol–water partition coefficient (Wildman–Crippen LogP) is 3.72. The number of fused-ring (bicyclic) bond motifs is 1. The van der Waals surface area contributed by atoms with Crippen LogP contribution in [0.2, 0.25) is 0 Å². The van der Waals surface area contributed by atoms with Crippen LogP contribution in [0.3, 0.4) is 0 Å². The third-order valence-corrected chi connectivity index (χ3v) is 5.92. The molecular weight excluding hydrogens is 360 g/mol. The van der Waals surface area contributed by atoms with Crippen LogP contribution in [0.5, 0.6) is 0 Å². The summed E-state index contributed by atoms with van der Waals surface area (Å²) in [6, 6.07) is 10.1. The van der Waals surface area contributed by atoms with Gasteiger partial charge in [0.25, 0.3) is 0 Å². The maximum absolute atomic E-state index is 9.35. The zero-order chi connectivity index (χ0) is 20.5. The maximum atomic E-state index is 9.35. The molecule has 0 aliphatic carbocycles. The second-order valence-electron chi connectivity index (χ2n) is 7.73. The van der Waals surface area contributed by atoms with Gasteiger partial charge < -0.3 is 9.47 Å². The van der Waals surface area contributed by atoms with Crippen molar-refractivity contribution in [1.29, 1.82) is 5.26 Å². The molecule has 6 heteroatoms. The second kappa shape index (κ2) is 7.67. The first kappa shape index (κ1) is 19.1. The number of pyridine rings is 1. The number of rotatable bonds is 3. The predicted molar refractivity (Wildman–Crippen MR) is 115 cm³/mol. The van der Waals surface area contributed by atoms with Crippen LogP contribution in [0.15, 0.2) is 35.5 Å². The minimum Gasteiger partial charge on any atom is -0.357 e. The van der Waals surface area contributed by atoms with Crippen molar-refractivity contribution in [1.82, 2.24) is 14.5 Å². The summed E-state index contributed by atoms with van der Waals surface area (Å²) in [6.07, 6.45) is 4.35. The van der Waals surface area contributed by atoms with E-state index in [4.69, 9.17) is 15.0 Å². The van der Waals surface area contributed by atoms with Crippen LogP contribution < -0.4 is 10.4 Å². The molecule has 1 aliphatic heterocycles. The van der Waals surface area contributed by atoms with Gasteiger partial charge in [-0.05, 0) is 56.9 Å². The average molecular weight is 387 g/mol. The molecule has 0 saturated carbocycles. The summed E-state index contributed by atoms with van der Waals surface area (Å²) in [7, 11) is 2.01. The highest BCUT2D eigenvalue weighted by molar-refractivity contribution is 5.80. The van der Waals surface area contributed by atoms with Gasteiger partial charge >= 0.3 is 0 Å². The molecule has 4 rings (SSSR count). The van der Waals surface area contributed by atoms with Crippen molar-refractivity contribution >= 4 is 16.7 Å². The first-order valence-corrected chi connectivity index (χ1v) is 10.1. The largest absolute Gasteiger partial charge is 0.357 e. The smallest absolute Gasteiger partial charge is 0.159 e. The molecule has 0 amide bonds. The van der Waals surface area contributed by atoms with Crippen LogP contribution in [0.1, 0.15) is 48.3 Å². The molecule has 1 aliphatic rings. The van der Waals surface area contributed by atoms with Gasteiger partial charge in [-0.3, -0.25) is 4.99 Å². The molecule has 3 aromatic rings. The first-order valence-electron chi connectivity index (χ1n) is 10.1. The Morgan fingerprint density at radius 2 is 1.97 bits per heavy atom. The lowest BCUT2D eigenvalue weighted by Gasteiger charge is -2.18. The summed E-state index contributed by atoms with van der Waals surface area (Å²) in [5, 5.41) is 10.4. The molecule has 2 aromatic heterocycles. The molecule has 148 valence electrons. The van der Waals surface area contributed by atoms with Gasteiger partial charge in [0.05, 0.1) is 29.4 Å². The molecule has 0 radical (unpaired) electrons. The van der Waals surface area contributed by atoms with Crippen molar-refractivity contribution in [3.8, 4) is 6.07 Å². The minimum atomic E-state index is -0.102. The number of aromatic nitrogens is 3. The average Bonchev–Trinajstić information content (AvgIpc) is 3.26. The molecule has 29 heavy (non-hydrogen) atoms. The zero-order valence-corrected chi connectivity index (χ0v) is 17.5. The summed E-state index contributed by atoms with van der Waals surface area (Å²) >= 11 is 0. The topological polar surface area (TPSA) is 70.1 Å². The summed E-state index contributed by atoms with van der Waals surface area (Å²) in [6.45, 7) is 8.12. The van der Waals surface area contributed by atoms with Crippen LogP contribution in [-0.2, 0) is 7.05 Å². The van der Waals surface area contributed by atoms with E-state index in [1.165, 1.54) is 12.8 Å². The van der Waals surface area contributed by atoms with E-state index in [1.807, 2.05) is 45.3 Å². The highest BCUT2D eigenvalue weighted by atomic mass is 15.2. The normalized spacial score (nSPS) is 15.7. The van der Waals surface area contributed by atoms with Crippen LogP contribution in [0.25, 0.3) is 10.9 Å². The molecule has 1 aromatic carbocycles. The van der Waals surface area contributed by atoms with E-state index in [1.54, 1.807) is 0 Å². The second-order valence-corrected chi connectivity index (χ2v) is 7.73. The Labute approximate surface area is 171 Å². The Morgan fingerprint density at radius 1 is 1.21 bits per heavy atom. The van der Waals surface area contributed by atoms with Crippen molar-refractivity contribution in [2.24, 2.45) is 12.0 Å². The van der Waals surface area contributed by atoms with E-state index in [-0.39, 0.29) is 6.04 Å². The lowest BCUT2D eigenvalue weighted by atomic mass is 9.98. The van der Waals surface area contributed by atoms with Crippen molar-refractivity contribution in [3.63, 3.8) is 0 Å². The van der Waals surface area contributed by atoms with Crippen molar-refractivity contribution in [2.75, 3.05) is 18.0 Å². The van der Waals surface area contributed by atoms with Gasteiger partial charge in [-0.1, -0.05) is 12.1 Å². The van der Waals surface area contributed by atoms with Gasteiger partial charge in [0.1, 0.15) is 11.6 Å². The lowest BCUT2D eigenvalue weighted by molar-refractivity contribution is 0.754. The number of hydrogen-bond donors (Lipinski definition) is 0. The molecule has 6 nitrogen and oxygen atoms in total. The van der Waals surface area contributed by atoms with Crippen LogP contribution >= 0.6 is 0 Å². The Balaban J connectivity index is 1.89. The van der Waals surface area contributed by atoms with E-state index >= 15 is 0 Å². The van der Waals surface area contributed by atoms with Crippen molar-refractivity contribution < 1.29 is 0 Å². The summed E-state index contributed by atoms with van der Waals surface area (Å²) in [5.74, 6) is 1.88. The van der Waals surface area contributed by atoms with Gasteiger partial charge in [0, 0.05) is 25.5 Å². The molecule has 0 N–H and O–H groups in total. The fraction of sp³-hybridized carbons (Fsp3) is 0.391. The summed E-state index contributed by atoms with van der Waals surface area (Å²) in [5.41, 5.74) is 4.48. The molecule has 1 atom stereocenters. The number of anilines is 1.